The first kappa shape index (κ1) is 20.5. The van der Waals surface area contributed by atoms with Crippen molar-refractivity contribution >= 4 is 29.3 Å². The van der Waals surface area contributed by atoms with Gasteiger partial charge >= 0.3 is 0 Å². The molecule has 1 saturated heterocycles. The number of carbonyl (C=O) groups excluding carboxylic acids is 2. The normalized spacial score (nSPS) is 14.0. The van der Waals surface area contributed by atoms with E-state index in [9.17, 15) is 9.59 Å². The van der Waals surface area contributed by atoms with Gasteiger partial charge in [0, 0.05) is 24.7 Å². The highest BCUT2D eigenvalue weighted by Gasteiger charge is 2.17. The van der Waals surface area contributed by atoms with Gasteiger partial charge in [-0.25, -0.2) is 0 Å². The molecule has 6 nitrogen and oxygen atoms in total. The van der Waals surface area contributed by atoms with Crippen molar-refractivity contribution in [2.24, 2.45) is 5.73 Å². The summed E-state index contributed by atoms with van der Waals surface area (Å²) >= 11 is 0. The molecular formula is C23H27N3O3. The summed E-state index contributed by atoms with van der Waals surface area (Å²) in [6.45, 7) is 4.41. The average molecular weight is 393 g/mol. The van der Waals surface area contributed by atoms with Gasteiger partial charge < -0.3 is 20.7 Å². The number of primary amides is 1. The molecule has 29 heavy (non-hydrogen) atoms. The quantitative estimate of drug-likeness (QED) is 0.700. The van der Waals surface area contributed by atoms with Gasteiger partial charge in [0.1, 0.15) is 5.75 Å². The van der Waals surface area contributed by atoms with Crippen LogP contribution in [0, 0.1) is 0 Å². The number of amides is 2. The van der Waals surface area contributed by atoms with Crippen LogP contribution in [0.25, 0.3) is 6.08 Å². The van der Waals surface area contributed by atoms with E-state index in [0.717, 1.165) is 42.9 Å². The maximum absolute atomic E-state index is 12.5. The number of hydrogen-bond acceptors (Lipinski definition) is 4. The van der Waals surface area contributed by atoms with E-state index in [1.165, 1.54) is 12.5 Å². The monoisotopic (exact) mass is 393 g/mol. The van der Waals surface area contributed by atoms with Crippen molar-refractivity contribution in [3.05, 3.63) is 59.7 Å². The summed E-state index contributed by atoms with van der Waals surface area (Å²) in [6.07, 6.45) is 6.66. The SMILES string of the molecule is CCOc1ccc(C=CC(=O)Nc2cc(C(N)=O)ccc2N2CCCCC2)cc1. The van der Waals surface area contributed by atoms with Gasteiger partial charge in [0.05, 0.1) is 18.0 Å². The van der Waals surface area contributed by atoms with Crippen LogP contribution in [-0.4, -0.2) is 31.5 Å². The Kier molecular flexibility index (Phi) is 6.89. The minimum absolute atomic E-state index is 0.265. The van der Waals surface area contributed by atoms with Gasteiger partial charge in [0.25, 0.3) is 0 Å². The molecule has 0 saturated carbocycles. The van der Waals surface area contributed by atoms with Crippen LogP contribution < -0.4 is 20.7 Å². The summed E-state index contributed by atoms with van der Waals surface area (Å²) in [7, 11) is 0. The molecule has 2 aromatic carbocycles. The highest BCUT2D eigenvalue weighted by molar-refractivity contribution is 6.05. The van der Waals surface area contributed by atoms with Crippen molar-refractivity contribution in [1.29, 1.82) is 0 Å². The van der Waals surface area contributed by atoms with Crippen LogP contribution >= 0.6 is 0 Å². The lowest BCUT2D eigenvalue weighted by Gasteiger charge is -2.30. The molecule has 2 amide bonds. The van der Waals surface area contributed by atoms with Crippen LogP contribution in [0.1, 0.15) is 42.1 Å². The lowest BCUT2D eigenvalue weighted by Crippen LogP contribution is -2.30. The summed E-state index contributed by atoms with van der Waals surface area (Å²) < 4.78 is 5.42. The van der Waals surface area contributed by atoms with Gasteiger partial charge in [-0.3, -0.25) is 9.59 Å². The van der Waals surface area contributed by atoms with Crippen molar-refractivity contribution in [2.45, 2.75) is 26.2 Å². The Morgan fingerprint density at radius 3 is 2.48 bits per heavy atom. The first-order valence-electron chi connectivity index (χ1n) is 9.97. The van der Waals surface area contributed by atoms with Gasteiger partial charge in [0.2, 0.25) is 11.8 Å². The molecule has 3 N–H and O–H groups in total. The number of piperidine rings is 1. The third kappa shape index (κ3) is 5.60. The molecule has 0 spiro atoms. The number of rotatable bonds is 7. The molecule has 3 rings (SSSR count). The number of hydrogen-bond donors (Lipinski definition) is 2. The van der Waals surface area contributed by atoms with Gasteiger partial charge in [-0.05, 0) is 68.2 Å². The maximum Gasteiger partial charge on any atom is 0.248 e. The molecule has 152 valence electrons. The van der Waals surface area contributed by atoms with Gasteiger partial charge in [-0.15, -0.1) is 0 Å². The summed E-state index contributed by atoms with van der Waals surface area (Å²) in [5, 5.41) is 2.91. The van der Waals surface area contributed by atoms with Crippen LogP contribution in [-0.2, 0) is 4.79 Å². The molecule has 0 atom stereocenters. The van der Waals surface area contributed by atoms with Crippen molar-refractivity contribution in [3.63, 3.8) is 0 Å². The van der Waals surface area contributed by atoms with Crippen LogP contribution in [0.4, 0.5) is 11.4 Å². The lowest BCUT2D eigenvalue weighted by molar-refractivity contribution is -0.111. The molecule has 1 aliphatic heterocycles. The Morgan fingerprint density at radius 2 is 1.83 bits per heavy atom. The fraction of sp³-hybridized carbons (Fsp3) is 0.304. The van der Waals surface area contributed by atoms with E-state index < -0.39 is 5.91 Å². The zero-order valence-corrected chi connectivity index (χ0v) is 16.7. The molecule has 0 unspecified atom stereocenters. The van der Waals surface area contributed by atoms with E-state index >= 15 is 0 Å². The zero-order valence-electron chi connectivity index (χ0n) is 16.7. The highest BCUT2D eigenvalue weighted by atomic mass is 16.5. The summed E-state index contributed by atoms with van der Waals surface area (Å²) in [5.74, 6) is 0.0120. The first-order chi connectivity index (χ1) is 14.1. The Labute approximate surface area is 171 Å². The molecule has 1 heterocycles. The molecule has 1 fully saturated rings. The van der Waals surface area contributed by atoms with E-state index in [2.05, 4.69) is 10.2 Å². The van der Waals surface area contributed by atoms with E-state index in [-0.39, 0.29) is 5.91 Å². The van der Waals surface area contributed by atoms with Crippen LogP contribution in [0.2, 0.25) is 0 Å². The number of anilines is 2. The number of nitrogens with one attached hydrogen (secondary N) is 1. The van der Waals surface area contributed by atoms with Crippen molar-refractivity contribution in [3.8, 4) is 5.75 Å². The van der Waals surface area contributed by atoms with E-state index in [1.807, 2.05) is 37.3 Å². The van der Waals surface area contributed by atoms with Crippen LogP contribution in [0.3, 0.4) is 0 Å². The second-order valence-corrected chi connectivity index (χ2v) is 6.97. The molecule has 0 aromatic heterocycles. The largest absolute Gasteiger partial charge is 0.494 e. The second kappa shape index (κ2) is 9.78. The molecule has 1 aliphatic rings. The molecular weight excluding hydrogens is 366 g/mol. The van der Waals surface area contributed by atoms with Crippen molar-refractivity contribution < 1.29 is 14.3 Å². The molecule has 0 radical (unpaired) electrons. The van der Waals surface area contributed by atoms with Gasteiger partial charge in [0.15, 0.2) is 0 Å². The first-order valence-corrected chi connectivity index (χ1v) is 9.97. The maximum atomic E-state index is 12.5. The van der Waals surface area contributed by atoms with Gasteiger partial charge in [-0.1, -0.05) is 12.1 Å². The minimum atomic E-state index is -0.518. The molecule has 2 aromatic rings. The van der Waals surface area contributed by atoms with Crippen molar-refractivity contribution in [2.75, 3.05) is 29.9 Å². The Bertz CT molecular complexity index is 885. The van der Waals surface area contributed by atoms with Crippen LogP contribution in [0.5, 0.6) is 5.75 Å². The third-order valence-corrected chi connectivity index (χ3v) is 4.85. The standard InChI is InChI=1S/C23H27N3O3/c1-2-29-19-10-6-17(7-11-19)8-13-22(27)25-20-16-18(23(24)28)9-12-21(20)26-14-4-3-5-15-26/h6-13,16H,2-5,14-15H2,1H3,(H2,24,28)(H,25,27). The lowest BCUT2D eigenvalue weighted by atomic mass is 10.1. The van der Waals surface area contributed by atoms with E-state index in [0.29, 0.717) is 17.9 Å². The number of ether oxygens (including phenoxy) is 1. The third-order valence-electron chi connectivity index (χ3n) is 4.85. The fourth-order valence-corrected chi connectivity index (χ4v) is 3.39. The Morgan fingerprint density at radius 1 is 1.10 bits per heavy atom. The predicted octanol–water partition coefficient (Wildman–Crippen LogP) is 3.83. The van der Waals surface area contributed by atoms with E-state index in [4.69, 9.17) is 10.5 Å². The number of benzene rings is 2. The van der Waals surface area contributed by atoms with Crippen molar-refractivity contribution in [1.82, 2.24) is 0 Å². The minimum Gasteiger partial charge on any atom is -0.494 e. The zero-order chi connectivity index (χ0) is 20.6. The topological polar surface area (TPSA) is 84.7 Å². The Hall–Kier alpha value is -3.28. The van der Waals surface area contributed by atoms with E-state index in [1.54, 1.807) is 18.2 Å². The summed E-state index contributed by atoms with van der Waals surface area (Å²) in [6, 6.07) is 12.7. The van der Waals surface area contributed by atoms with Gasteiger partial charge in [-0.2, -0.15) is 0 Å². The Balaban J connectivity index is 1.75. The number of carbonyl (C=O) groups is 2. The molecule has 0 bridgehead atoms. The molecule has 6 heteroatoms. The molecule has 0 aliphatic carbocycles. The number of nitrogens with two attached hydrogens (primary N) is 1. The van der Waals surface area contributed by atoms with Crippen LogP contribution in [0.15, 0.2) is 48.5 Å². The number of nitrogens with zero attached hydrogens (tertiary/aromatic N) is 1. The second-order valence-electron chi connectivity index (χ2n) is 6.97. The summed E-state index contributed by atoms with van der Waals surface area (Å²) in [4.78, 5) is 26.3. The summed E-state index contributed by atoms with van der Waals surface area (Å²) in [5.41, 5.74) is 8.20. The smallest absolute Gasteiger partial charge is 0.248 e. The highest BCUT2D eigenvalue weighted by Crippen LogP contribution is 2.29. The fourth-order valence-electron chi connectivity index (χ4n) is 3.39. The average Bonchev–Trinajstić information content (AvgIpc) is 2.74. The predicted molar refractivity (Wildman–Crippen MR) is 116 cm³/mol.